The van der Waals surface area contributed by atoms with Crippen molar-refractivity contribution in [3.05, 3.63) is 34.9 Å². The number of benzene rings is 1. The Morgan fingerprint density at radius 1 is 1.11 bits per heavy atom. The Morgan fingerprint density at radius 3 is 2.44 bits per heavy atom. The van der Waals surface area contributed by atoms with Gasteiger partial charge in [-0.2, -0.15) is 0 Å². The van der Waals surface area contributed by atoms with Crippen LogP contribution in [0.1, 0.15) is 75.7 Å². The molecule has 0 radical (unpaired) electrons. The van der Waals surface area contributed by atoms with Crippen LogP contribution in [-0.4, -0.2) is 104 Å². The molecule has 1 saturated carbocycles. The molecule has 3 amide bonds. The van der Waals surface area contributed by atoms with Crippen LogP contribution in [0.5, 0.6) is 0 Å². The number of nitrogens with one attached hydrogen (secondary N) is 3. The standard InChI is InChI=1S/C31H48ClN5O7S/c1-44-29(39)34-27(26(21-6-8-23(32)9-7-21)22-11-16-36(17-12-22)30(40)41)28(38)35-31(13-2-3-14-31)15-10-25-19-33-24-5-4-18-45(42,43)37(25)20-24/h6-9,22,24-27,33,42-43H,2-5,10-20H2,1H3,(H,34,39)(H,35,38)(H,40,41)/t24-,25+,26+,27-/m1/s1. The number of alkyl carbamates (subject to hydrolysis) is 1. The number of ether oxygens (including phenoxy) is 1. The van der Waals surface area contributed by atoms with Gasteiger partial charge in [0.05, 0.1) is 12.9 Å². The van der Waals surface area contributed by atoms with E-state index < -0.39 is 40.5 Å². The van der Waals surface area contributed by atoms with Crippen LogP contribution in [0.3, 0.4) is 0 Å². The van der Waals surface area contributed by atoms with Crippen LogP contribution in [0.2, 0.25) is 5.02 Å². The fourth-order valence-corrected chi connectivity index (χ4v) is 9.91. The maximum atomic E-state index is 14.4. The number of hydrogen-bond donors (Lipinski definition) is 6. The van der Waals surface area contributed by atoms with Gasteiger partial charge >= 0.3 is 12.2 Å². The van der Waals surface area contributed by atoms with Gasteiger partial charge in [-0.1, -0.05) is 36.6 Å². The summed E-state index contributed by atoms with van der Waals surface area (Å²) in [5.74, 6) is -0.435. The number of fused-ring (bicyclic) bond motifs is 2. The van der Waals surface area contributed by atoms with Gasteiger partial charge in [0.25, 0.3) is 0 Å². The molecule has 45 heavy (non-hydrogen) atoms. The van der Waals surface area contributed by atoms with Crippen LogP contribution in [0.15, 0.2) is 24.3 Å². The molecule has 14 heteroatoms. The van der Waals surface area contributed by atoms with Crippen LogP contribution < -0.4 is 16.0 Å². The normalized spacial score (nSPS) is 28.3. The number of halogens is 1. The van der Waals surface area contributed by atoms with Crippen molar-refractivity contribution >= 4 is 40.5 Å². The number of piperazine rings is 1. The largest absolute Gasteiger partial charge is 0.465 e. The van der Waals surface area contributed by atoms with Gasteiger partial charge in [0.2, 0.25) is 5.91 Å². The van der Waals surface area contributed by atoms with E-state index in [-0.39, 0.29) is 23.9 Å². The summed E-state index contributed by atoms with van der Waals surface area (Å²) in [5.41, 5.74) is 0.343. The van der Waals surface area contributed by atoms with Gasteiger partial charge < -0.3 is 30.7 Å². The molecule has 1 aliphatic carbocycles. The second-order valence-corrected chi connectivity index (χ2v) is 15.7. The summed E-state index contributed by atoms with van der Waals surface area (Å²) in [6.45, 7) is 1.96. The third-order valence-electron chi connectivity index (χ3n) is 10.4. The molecule has 1 aromatic carbocycles. The second kappa shape index (κ2) is 14.6. The maximum Gasteiger partial charge on any atom is 0.407 e. The summed E-state index contributed by atoms with van der Waals surface area (Å²) in [4.78, 5) is 40.1. The second-order valence-electron chi connectivity index (χ2n) is 13.2. The molecule has 2 bridgehead atoms. The Bertz CT molecular complexity index is 1190. The minimum absolute atomic E-state index is 0.0519. The fraction of sp³-hybridized carbons (Fsp3) is 0.710. The van der Waals surface area contributed by atoms with Gasteiger partial charge in [-0.05, 0) is 75.0 Å². The molecule has 1 unspecified atom stereocenters. The first-order valence-electron chi connectivity index (χ1n) is 16.2. The summed E-state index contributed by atoms with van der Waals surface area (Å²) in [6.07, 6.45) is 6.00. The molecule has 3 aliphatic heterocycles. The van der Waals surface area contributed by atoms with Crippen molar-refractivity contribution in [2.24, 2.45) is 5.92 Å². The molecule has 6 N–H and O–H groups in total. The molecular weight excluding hydrogens is 622 g/mol. The lowest BCUT2D eigenvalue weighted by molar-refractivity contribution is -0.126. The first kappa shape index (κ1) is 34.1. The number of rotatable bonds is 9. The van der Waals surface area contributed by atoms with E-state index in [1.54, 1.807) is 12.1 Å². The van der Waals surface area contributed by atoms with E-state index in [2.05, 4.69) is 16.0 Å². The van der Waals surface area contributed by atoms with Crippen LogP contribution in [0.4, 0.5) is 9.59 Å². The zero-order chi connectivity index (χ0) is 32.2. The van der Waals surface area contributed by atoms with Crippen molar-refractivity contribution in [3.63, 3.8) is 0 Å². The van der Waals surface area contributed by atoms with Crippen molar-refractivity contribution in [2.75, 3.05) is 39.0 Å². The van der Waals surface area contributed by atoms with Crippen molar-refractivity contribution in [2.45, 2.75) is 93.8 Å². The molecule has 3 heterocycles. The third-order valence-corrected chi connectivity index (χ3v) is 12.7. The molecule has 4 aliphatic rings. The Kier molecular flexibility index (Phi) is 11.1. The molecule has 1 aromatic rings. The number of carbonyl (C=O) groups is 3. The highest BCUT2D eigenvalue weighted by Crippen LogP contribution is 2.49. The Hall–Kier alpha value is -2.29. The van der Waals surface area contributed by atoms with E-state index >= 15 is 0 Å². The van der Waals surface area contributed by atoms with E-state index in [9.17, 15) is 28.6 Å². The molecule has 3 saturated heterocycles. The average Bonchev–Trinajstić information content (AvgIpc) is 3.44. The predicted octanol–water partition coefficient (Wildman–Crippen LogP) is 4.85. The first-order chi connectivity index (χ1) is 21.5. The molecule has 0 aromatic heterocycles. The van der Waals surface area contributed by atoms with Gasteiger partial charge in [-0.25, -0.2) is 13.9 Å². The molecule has 252 valence electrons. The van der Waals surface area contributed by atoms with Crippen LogP contribution in [0, 0.1) is 5.92 Å². The highest BCUT2D eigenvalue weighted by atomic mass is 35.5. The zero-order valence-electron chi connectivity index (χ0n) is 26.0. The van der Waals surface area contributed by atoms with E-state index in [1.807, 2.05) is 16.4 Å². The molecule has 5 rings (SSSR count). The van der Waals surface area contributed by atoms with Crippen molar-refractivity contribution in [3.8, 4) is 0 Å². The minimum Gasteiger partial charge on any atom is -0.465 e. The number of carbonyl (C=O) groups excluding carboxylic acids is 2. The number of carboxylic acid groups (broad SMARTS) is 1. The number of hydrogen-bond acceptors (Lipinski definition) is 8. The van der Waals surface area contributed by atoms with Crippen molar-refractivity contribution in [1.29, 1.82) is 0 Å². The topological polar surface area (TPSA) is 164 Å². The number of methoxy groups -OCH3 is 1. The summed E-state index contributed by atoms with van der Waals surface area (Å²) in [5, 5.41) is 19.9. The van der Waals surface area contributed by atoms with Gasteiger partial charge in [0, 0.05) is 54.7 Å². The van der Waals surface area contributed by atoms with E-state index in [1.165, 1.54) is 12.0 Å². The smallest absolute Gasteiger partial charge is 0.407 e. The SMILES string of the molecule is COC(=O)N[C@@H](C(=O)NC1(CC[C@H]2CN[C@@H]3CCCS(O)(O)N2C3)CCCC1)[C@@H](c1ccc(Cl)cc1)C1CCN(C(=O)O)CC1. The summed E-state index contributed by atoms with van der Waals surface area (Å²) >= 11 is 6.22. The minimum atomic E-state index is -2.83. The van der Waals surface area contributed by atoms with E-state index in [0.29, 0.717) is 62.6 Å². The number of likely N-dealkylation sites (tertiary alicyclic amines) is 1. The molecule has 5 atom stereocenters. The van der Waals surface area contributed by atoms with Gasteiger partial charge in [-0.15, -0.1) is 10.8 Å². The molecule has 4 fully saturated rings. The fourth-order valence-electron chi connectivity index (χ4n) is 7.92. The van der Waals surface area contributed by atoms with Crippen LogP contribution in [0.25, 0.3) is 0 Å². The van der Waals surface area contributed by atoms with E-state index in [0.717, 1.165) is 44.1 Å². The summed E-state index contributed by atoms with van der Waals surface area (Å²) < 4.78 is 28.8. The predicted molar refractivity (Wildman–Crippen MR) is 174 cm³/mol. The quantitative estimate of drug-likeness (QED) is 0.216. The first-order valence-corrected chi connectivity index (χ1v) is 18.2. The highest BCUT2D eigenvalue weighted by molar-refractivity contribution is 8.22. The van der Waals surface area contributed by atoms with Gasteiger partial charge in [0.1, 0.15) is 6.04 Å². The lowest BCUT2D eigenvalue weighted by atomic mass is 9.75. The molecule has 0 spiro atoms. The lowest BCUT2D eigenvalue weighted by Gasteiger charge is -2.50. The highest BCUT2D eigenvalue weighted by Gasteiger charge is 2.44. The zero-order valence-corrected chi connectivity index (χ0v) is 27.5. The average molecular weight is 670 g/mol. The van der Waals surface area contributed by atoms with Crippen molar-refractivity contribution < 1.29 is 33.3 Å². The van der Waals surface area contributed by atoms with Crippen molar-refractivity contribution in [1.82, 2.24) is 25.2 Å². The number of nitrogens with zero attached hydrogens (tertiary/aromatic N) is 2. The van der Waals surface area contributed by atoms with Crippen LogP contribution >= 0.6 is 22.4 Å². The third kappa shape index (κ3) is 8.17. The number of amides is 3. The Morgan fingerprint density at radius 2 is 1.80 bits per heavy atom. The van der Waals surface area contributed by atoms with Gasteiger partial charge in [-0.3, -0.25) is 13.9 Å². The summed E-state index contributed by atoms with van der Waals surface area (Å²) in [6, 6.07) is 6.49. The Balaban J connectivity index is 1.38. The molecular formula is C31H48ClN5O7S. The molecule has 12 nitrogen and oxygen atoms in total. The monoisotopic (exact) mass is 669 g/mol. The van der Waals surface area contributed by atoms with E-state index in [4.69, 9.17) is 16.3 Å². The van der Waals surface area contributed by atoms with Gasteiger partial charge in [0.15, 0.2) is 0 Å². The van der Waals surface area contributed by atoms with Crippen LogP contribution in [-0.2, 0) is 9.53 Å². The lowest BCUT2D eigenvalue weighted by Crippen LogP contribution is -2.59. The Labute approximate surface area is 272 Å². The number of piperidine rings is 1. The summed E-state index contributed by atoms with van der Waals surface area (Å²) in [7, 11) is -1.57. The maximum absolute atomic E-state index is 14.4.